The molecule has 1 heterocycles. The van der Waals surface area contributed by atoms with Crippen LogP contribution in [0.5, 0.6) is 0 Å². The minimum Gasteiger partial charge on any atom is -0.396 e. The molecule has 1 aliphatic heterocycles. The fourth-order valence-electron chi connectivity index (χ4n) is 2.08. The van der Waals surface area contributed by atoms with Crippen molar-refractivity contribution in [2.45, 2.75) is 6.42 Å². The molecule has 20 heavy (non-hydrogen) atoms. The van der Waals surface area contributed by atoms with Crippen molar-refractivity contribution >= 4 is 40.7 Å². The van der Waals surface area contributed by atoms with Crippen LogP contribution in [0, 0.1) is 5.92 Å². The van der Waals surface area contributed by atoms with E-state index in [2.05, 4.69) is 5.32 Å². The summed E-state index contributed by atoms with van der Waals surface area (Å²) in [7, 11) is 0. The first-order valence-corrected chi connectivity index (χ1v) is 6.93. The zero-order valence-electron chi connectivity index (χ0n) is 10.6. The molecule has 2 amide bonds. The lowest BCUT2D eigenvalue weighted by molar-refractivity contribution is -0.142. The van der Waals surface area contributed by atoms with Crippen LogP contribution in [0.25, 0.3) is 0 Å². The molecule has 2 rings (SSSR count). The summed E-state index contributed by atoms with van der Waals surface area (Å²) in [5.74, 6) is -1.34. The van der Waals surface area contributed by atoms with Gasteiger partial charge in [0, 0.05) is 30.6 Å². The van der Waals surface area contributed by atoms with Crippen LogP contribution in [-0.4, -0.2) is 41.5 Å². The molecular weight excluding hydrogens is 303 g/mol. The second kappa shape index (κ2) is 6.43. The Bertz CT molecular complexity index is 536. The second-order valence-electron chi connectivity index (χ2n) is 4.67. The van der Waals surface area contributed by atoms with Crippen molar-refractivity contribution in [2.24, 2.45) is 5.92 Å². The van der Waals surface area contributed by atoms with Gasteiger partial charge in [-0.15, -0.1) is 0 Å². The van der Waals surface area contributed by atoms with Crippen LogP contribution in [0.2, 0.25) is 10.0 Å². The topological polar surface area (TPSA) is 69.6 Å². The lowest BCUT2D eigenvalue weighted by Crippen LogP contribution is -2.38. The number of hydrogen-bond acceptors (Lipinski definition) is 3. The molecule has 1 atom stereocenters. The third-order valence-corrected chi connectivity index (χ3v) is 3.77. The van der Waals surface area contributed by atoms with Crippen LogP contribution in [0.3, 0.4) is 0 Å². The number of nitrogens with zero attached hydrogens (tertiary/aromatic N) is 1. The molecule has 0 radical (unpaired) electrons. The van der Waals surface area contributed by atoms with E-state index in [0.29, 0.717) is 35.2 Å². The minimum atomic E-state index is -0.757. The Kier molecular flexibility index (Phi) is 4.86. The molecule has 0 spiro atoms. The maximum atomic E-state index is 12.0. The Balaban J connectivity index is 2.01. The van der Waals surface area contributed by atoms with Gasteiger partial charge >= 0.3 is 11.8 Å². The Morgan fingerprint density at radius 1 is 1.40 bits per heavy atom. The molecule has 0 aromatic heterocycles. The second-order valence-corrected chi connectivity index (χ2v) is 5.51. The summed E-state index contributed by atoms with van der Waals surface area (Å²) in [4.78, 5) is 25.3. The third-order valence-electron chi connectivity index (χ3n) is 3.20. The fraction of sp³-hybridized carbons (Fsp3) is 0.385. The highest BCUT2D eigenvalue weighted by Crippen LogP contribution is 2.25. The van der Waals surface area contributed by atoms with Crippen molar-refractivity contribution in [2.75, 3.05) is 25.0 Å². The summed E-state index contributed by atoms with van der Waals surface area (Å²) in [6.07, 6.45) is 0.702. The molecule has 0 bridgehead atoms. The Hall–Kier alpha value is -1.30. The van der Waals surface area contributed by atoms with Gasteiger partial charge in [-0.05, 0) is 24.6 Å². The van der Waals surface area contributed by atoms with Gasteiger partial charge in [0.2, 0.25) is 0 Å². The lowest BCUT2D eigenvalue weighted by Gasteiger charge is -2.16. The molecule has 0 saturated carbocycles. The van der Waals surface area contributed by atoms with Crippen molar-refractivity contribution in [3.63, 3.8) is 0 Å². The van der Waals surface area contributed by atoms with Gasteiger partial charge in [0.05, 0.1) is 10.7 Å². The summed E-state index contributed by atoms with van der Waals surface area (Å²) in [6.45, 7) is 0.887. The van der Waals surface area contributed by atoms with Crippen molar-refractivity contribution in [1.82, 2.24) is 4.90 Å². The smallest absolute Gasteiger partial charge is 0.313 e. The van der Waals surface area contributed by atoms with Crippen LogP contribution < -0.4 is 5.32 Å². The first-order chi connectivity index (χ1) is 9.51. The molecule has 5 nitrogen and oxygen atoms in total. The quantitative estimate of drug-likeness (QED) is 0.817. The molecular formula is C13H14Cl2N2O3. The zero-order valence-corrected chi connectivity index (χ0v) is 12.1. The van der Waals surface area contributed by atoms with Gasteiger partial charge in [-0.3, -0.25) is 9.59 Å². The number of aliphatic hydroxyl groups excluding tert-OH is 1. The van der Waals surface area contributed by atoms with Crippen molar-refractivity contribution in [3.8, 4) is 0 Å². The van der Waals surface area contributed by atoms with Crippen molar-refractivity contribution in [3.05, 3.63) is 28.2 Å². The highest BCUT2D eigenvalue weighted by atomic mass is 35.5. The number of amides is 2. The maximum Gasteiger partial charge on any atom is 0.313 e. The van der Waals surface area contributed by atoms with Crippen LogP contribution in [0.1, 0.15) is 6.42 Å². The van der Waals surface area contributed by atoms with E-state index in [1.165, 1.54) is 11.0 Å². The van der Waals surface area contributed by atoms with Crippen LogP contribution in [-0.2, 0) is 9.59 Å². The van der Waals surface area contributed by atoms with Gasteiger partial charge in [0.1, 0.15) is 0 Å². The molecule has 2 N–H and O–H groups in total. The van der Waals surface area contributed by atoms with Gasteiger partial charge in [-0.2, -0.15) is 0 Å². The number of likely N-dealkylation sites (tertiary alicyclic amines) is 1. The summed E-state index contributed by atoms with van der Waals surface area (Å²) < 4.78 is 0. The lowest BCUT2D eigenvalue weighted by atomic mass is 10.1. The number of carbonyl (C=O) groups is 2. The molecule has 1 saturated heterocycles. The average Bonchev–Trinajstić information content (AvgIpc) is 2.90. The summed E-state index contributed by atoms with van der Waals surface area (Å²) in [5.41, 5.74) is 0.301. The first kappa shape index (κ1) is 15.1. The van der Waals surface area contributed by atoms with Crippen LogP contribution >= 0.6 is 23.2 Å². The zero-order chi connectivity index (χ0) is 14.7. The van der Waals surface area contributed by atoms with Crippen LogP contribution in [0.15, 0.2) is 18.2 Å². The van der Waals surface area contributed by atoms with Gasteiger partial charge in [0.25, 0.3) is 0 Å². The minimum absolute atomic E-state index is 0.0194. The van der Waals surface area contributed by atoms with E-state index < -0.39 is 11.8 Å². The molecule has 1 aromatic carbocycles. The molecule has 7 heteroatoms. The van der Waals surface area contributed by atoms with E-state index in [1.807, 2.05) is 0 Å². The van der Waals surface area contributed by atoms with Crippen molar-refractivity contribution < 1.29 is 14.7 Å². The molecule has 108 valence electrons. The number of halogens is 2. The summed E-state index contributed by atoms with van der Waals surface area (Å²) in [5, 5.41) is 12.2. The molecule has 1 unspecified atom stereocenters. The van der Waals surface area contributed by atoms with Crippen LogP contribution in [0.4, 0.5) is 5.69 Å². The van der Waals surface area contributed by atoms with E-state index in [4.69, 9.17) is 28.3 Å². The van der Waals surface area contributed by atoms with Crippen molar-refractivity contribution in [1.29, 1.82) is 0 Å². The molecule has 1 fully saturated rings. The predicted octanol–water partition coefficient (Wildman–Crippen LogP) is 1.77. The largest absolute Gasteiger partial charge is 0.396 e. The van der Waals surface area contributed by atoms with Gasteiger partial charge in [-0.1, -0.05) is 23.2 Å². The number of nitrogens with one attached hydrogen (secondary N) is 1. The monoisotopic (exact) mass is 316 g/mol. The average molecular weight is 317 g/mol. The number of rotatable bonds is 2. The van der Waals surface area contributed by atoms with Gasteiger partial charge in [0.15, 0.2) is 0 Å². The highest BCUT2D eigenvalue weighted by Gasteiger charge is 2.29. The Morgan fingerprint density at radius 2 is 2.15 bits per heavy atom. The van der Waals surface area contributed by atoms with Gasteiger partial charge in [-0.25, -0.2) is 0 Å². The Labute approximate surface area is 126 Å². The molecule has 1 aromatic rings. The maximum absolute atomic E-state index is 12.0. The molecule has 0 aliphatic carbocycles. The number of anilines is 1. The van der Waals surface area contributed by atoms with E-state index in [1.54, 1.807) is 12.1 Å². The number of aliphatic hydroxyl groups is 1. The van der Waals surface area contributed by atoms with E-state index in [0.717, 1.165) is 0 Å². The van der Waals surface area contributed by atoms with E-state index in [9.17, 15) is 9.59 Å². The van der Waals surface area contributed by atoms with E-state index >= 15 is 0 Å². The standard InChI is InChI=1S/C13H14Cl2N2O3/c14-9-1-2-10(15)11(5-9)16-12(19)13(20)17-4-3-8(6-17)7-18/h1-2,5,8,18H,3-4,6-7H2,(H,16,19). The number of benzene rings is 1. The highest BCUT2D eigenvalue weighted by molar-refractivity contribution is 6.42. The first-order valence-electron chi connectivity index (χ1n) is 6.17. The summed E-state index contributed by atoms with van der Waals surface area (Å²) in [6, 6.07) is 4.62. The van der Waals surface area contributed by atoms with Gasteiger partial charge < -0.3 is 15.3 Å². The predicted molar refractivity (Wildman–Crippen MR) is 76.9 cm³/mol. The number of carbonyl (C=O) groups excluding carboxylic acids is 2. The fourth-order valence-corrected chi connectivity index (χ4v) is 2.42. The number of hydrogen-bond donors (Lipinski definition) is 2. The SMILES string of the molecule is O=C(Nc1cc(Cl)ccc1Cl)C(=O)N1CCC(CO)C1. The summed E-state index contributed by atoms with van der Waals surface area (Å²) >= 11 is 11.7. The third kappa shape index (κ3) is 3.42. The molecule has 1 aliphatic rings. The van der Waals surface area contributed by atoms with E-state index in [-0.39, 0.29) is 12.5 Å². The normalized spacial score (nSPS) is 18.1. The Morgan fingerprint density at radius 3 is 2.80 bits per heavy atom.